The Morgan fingerprint density at radius 3 is 2.94 bits per heavy atom. The van der Waals surface area contributed by atoms with Crippen molar-refractivity contribution in [2.75, 3.05) is 19.3 Å². The number of aryl methyl sites for hydroxylation is 1. The highest BCUT2D eigenvalue weighted by atomic mass is 15.3. The molecule has 0 aromatic carbocycles. The van der Waals surface area contributed by atoms with E-state index in [4.69, 9.17) is 5.73 Å². The van der Waals surface area contributed by atoms with Crippen LogP contribution in [0.25, 0.3) is 0 Å². The number of hydrogen-bond acceptors (Lipinski definition) is 4. The van der Waals surface area contributed by atoms with E-state index in [0.29, 0.717) is 5.82 Å². The summed E-state index contributed by atoms with van der Waals surface area (Å²) in [5.41, 5.74) is 6.80. The summed E-state index contributed by atoms with van der Waals surface area (Å²) in [6.45, 7) is 2.85. The molecular weight excluding hydrogens is 226 g/mol. The molecule has 0 unspecified atom stereocenters. The minimum Gasteiger partial charge on any atom is -0.382 e. The van der Waals surface area contributed by atoms with E-state index in [1.165, 1.54) is 5.56 Å². The molecule has 18 heavy (non-hydrogen) atoms. The lowest BCUT2D eigenvalue weighted by molar-refractivity contribution is 0.311. The molecule has 2 aromatic rings. The third kappa shape index (κ3) is 3.85. The first kappa shape index (κ1) is 12.6. The summed E-state index contributed by atoms with van der Waals surface area (Å²) >= 11 is 0. The molecule has 5 nitrogen and oxygen atoms in total. The first-order valence-electron chi connectivity index (χ1n) is 6.10. The number of nitrogens with zero attached hydrogens (tertiary/aromatic N) is 4. The largest absolute Gasteiger partial charge is 0.382 e. The molecule has 0 spiro atoms. The Morgan fingerprint density at radius 1 is 1.39 bits per heavy atom. The van der Waals surface area contributed by atoms with Gasteiger partial charge in [-0.05, 0) is 37.7 Å². The van der Waals surface area contributed by atoms with Crippen molar-refractivity contribution >= 4 is 5.82 Å². The van der Waals surface area contributed by atoms with Crippen LogP contribution in [0.3, 0.4) is 0 Å². The van der Waals surface area contributed by atoms with E-state index in [2.05, 4.69) is 28.1 Å². The lowest BCUT2D eigenvalue weighted by atomic mass is 10.2. The maximum Gasteiger partial charge on any atom is 0.145 e. The Kier molecular flexibility index (Phi) is 4.30. The summed E-state index contributed by atoms with van der Waals surface area (Å²) in [7, 11) is 2.12. The number of anilines is 1. The first-order valence-corrected chi connectivity index (χ1v) is 6.10. The van der Waals surface area contributed by atoms with Gasteiger partial charge in [-0.25, -0.2) is 0 Å². The molecule has 2 N–H and O–H groups in total. The molecule has 96 valence electrons. The lowest BCUT2D eigenvalue weighted by Crippen LogP contribution is -2.20. The summed E-state index contributed by atoms with van der Waals surface area (Å²) in [4.78, 5) is 6.40. The van der Waals surface area contributed by atoms with Crippen molar-refractivity contribution in [1.29, 1.82) is 0 Å². The van der Waals surface area contributed by atoms with E-state index < -0.39 is 0 Å². The van der Waals surface area contributed by atoms with Gasteiger partial charge in [0.25, 0.3) is 0 Å². The van der Waals surface area contributed by atoms with Crippen molar-refractivity contribution in [3.8, 4) is 0 Å². The Bertz CT molecular complexity index is 465. The average molecular weight is 245 g/mol. The third-order valence-electron chi connectivity index (χ3n) is 2.76. The molecule has 2 rings (SSSR count). The third-order valence-corrected chi connectivity index (χ3v) is 2.76. The molecule has 5 heteroatoms. The monoisotopic (exact) mass is 245 g/mol. The quantitative estimate of drug-likeness (QED) is 0.835. The van der Waals surface area contributed by atoms with Gasteiger partial charge in [0.2, 0.25) is 0 Å². The fourth-order valence-corrected chi connectivity index (χ4v) is 1.89. The molecule has 0 aliphatic rings. The van der Waals surface area contributed by atoms with Crippen LogP contribution < -0.4 is 5.73 Å². The van der Waals surface area contributed by atoms with Gasteiger partial charge in [-0.15, -0.1) is 0 Å². The van der Waals surface area contributed by atoms with E-state index in [1.807, 2.05) is 29.2 Å². The van der Waals surface area contributed by atoms with E-state index in [1.54, 1.807) is 6.20 Å². The van der Waals surface area contributed by atoms with E-state index in [9.17, 15) is 0 Å². The normalized spacial score (nSPS) is 11.0. The van der Waals surface area contributed by atoms with Gasteiger partial charge >= 0.3 is 0 Å². The van der Waals surface area contributed by atoms with E-state index >= 15 is 0 Å². The molecule has 0 saturated heterocycles. The Morgan fingerprint density at radius 2 is 2.28 bits per heavy atom. The van der Waals surface area contributed by atoms with Crippen LogP contribution in [0.15, 0.2) is 36.8 Å². The summed E-state index contributed by atoms with van der Waals surface area (Å²) in [6, 6.07) is 5.88. The van der Waals surface area contributed by atoms with Crippen molar-refractivity contribution in [3.63, 3.8) is 0 Å². The maximum atomic E-state index is 5.56. The fraction of sp³-hybridized carbons (Fsp3) is 0.385. The van der Waals surface area contributed by atoms with E-state index in [-0.39, 0.29) is 0 Å². The number of rotatable bonds is 6. The van der Waals surface area contributed by atoms with Crippen molar-refractivity contribution in [3.05, 3.63) is 42.4 Å². The van der Waals surface area contributed by atoms with Crippen molar-refractivity contribution in [2.45, 2.75) is 19.5 Å². The summed E-state index contributed by atoms with van der Waals surface area (Å²) in [6.07, 6.45) is 6.67. The molecule has 2 heterocycles. The first-order chi connectivity index (χ1) is 8.74. The Balaban J connectivity index is 1.70. The van der Waals surface area contributed by atoms with Crippen molar-refractivity contribution < 1.29 is 0 Å². The minimum atomic E-state index is 0.582. The predicted octanol–water partition coefficient (Wildman–Crippen LogP) is 1.38. The van der Waals surface area contributed by atoms with Crippen LogP contribution >= 0.6 is 0 Å². The maximum absolute atomic E-state index is 5.56. The van der Waals surface area contributed by atoms with Crippen molar-refractivity contribution in [2.24, 2.45) is 0 Å². The molecule has 0 aliphatic carbocycles. The smallest absolute Gasteiger partial charge is 0.145 e. The topological polar surface area (TPSA) is 60.0 Å². The van der Waals surface area contributed by atoms with E-state index in [0.717, 1.165) is 26.1 Å². The highest BCUT2D eigenvalue weighted by molar-refractivity contribution is 5.23. The summed E-state index contributed by atoms with van der Waals surface area (Å²) in [5, 5.41) is 4.16. The van der Waals surface area contributed by atoms with Gasteiger partial charge in [0.1, 0.15) is 5.82 Å². The van der Waals surface area contributed by atoms with Gasteiger partial charge in [0.15, 0.2) is 0 Å². The van der Waals surface area contributed by atoms with Crippen LogP contribution in [0.1, 0.15) is 12.0 Å². The van der Waals surface area contributed by atoms with Crippen LogP contribution in [0, 0.1) is 0 Å². The Hall–Kier alpha value is -1.88. The van der Waals surface area contributed by atoms with Gasteiger partial charge in [-0.1, -0.05) is 6.07 Å². The van der Waals surface area contributed by atoms with Crippen LogP contribution in [-0.2, 0) is 13.1 Å². The predicted molar refractivity (Wildman–Crippen MR) is 71.8 cm³/mol. The average Bonchev–Trinajstić information content (AvgIpc) is 2.76. The Labute approximate surface area is 107 Å². The lowest BCUT2D eigenvalue weighted by Gasteiger charge is -2.16. The molecule has 0 aliphatic heterocycles. The SMILES string of the molecule is CN(CCCn1ccc(N)n1)Cc1cccnc1. The zero-order valence-corrected chi connectivity index (χ0v) is 10.7. The molecule has 0 bridgehead atoms. The standard InChI is InChI=1S/C13H19N5/c1-17(11-12-4-2-6-15-10-12)7-3-8-18-9-5-13(14)16-18/h2,4-6,9-10H,3,7-8,11H2,1H3,(H2,14,16). The number of nitrogens with two attached hydrogens (primary N) is 1. The van der Waals surface area contributed by atoms with Gasteiger partial charge in [-0.3, -0.25) is 9.67 Å². The van der Waals surface area contributed by atoms with Gasteiger partial charge in [0.05, 0.1) is 0 Å². The molecule has 0 amide bonds. The molecule has 0 saturated carbocycles. The molecular formula is C13H19N5. The fourth-order valence-electron chi connectivity index (χ4n) is 1.89. The molecule has 0 fully saturated rings. The number of aromatic nitrogens is 3. The minimum absolute atomic E-state index is 0.582. The van der Waals surface area contributed by atoms with Crippen LogP contribution in [-0.4, -0.2) is 33.3 Å². The van der Waals surface area contributed by atoms with Crippen LogP contribution in [0.5, 0.6) is 0 Å². The van der Waals surface area contributed by atoms with Gasteiger partial charge in [-0.2, -0.15) is 5.10 Å². The zero-order valence-electron chi connectivity index (χ0n) is 10.7. The zero-order chi connectivity index (χ0) is 12.8. The highest BCUT2D eigenvalue weighted by Crippen LogP contribution is 2.02. The second-order valence-electron chi connectivity index (χ2n) is 4.46. The summed E-state index contributed by atoms with van der Waals surface area (Å²) < 4.78 is 1.88. The van der Waals surface area contributed by atoms with Gasteiger partial charge < -0.3 is 10.6 Å². The molecule has 0 atom stereocenters. The van der Waals surface area contributed by atoms with Crippen molar-refractivity contribution in [1.82, 2.24) is 19.7 Å². The molecule has 2 aromatic heterocycles. The number of nitrogen functional groups attached to an aromatic ring is 1. The van der Waals surface area contributed by atoms with Crippen LogP contribution in [0.2, 0.25) is 0 Å². The van der Waals surface area contributed by atoms with Gasteiger partial charge in [0, 0.05) is 31.7 Å². The number of hydrogen-bond donors (Lipinski definition) is 1. The summed E-state index contributed by atoms with van der Waals surface area (Å²) in [5.74, 6) is 0.582. The molecule has 0 radical (unpaired) electrons. The number of pyridine rings is 1. The highest BCUT2D eigenvalue weighted by Gasteiger charge is 2.01. The second-order valence-corrected chi connectivity index (χ2v) is 4.46. The second kappa shape index (κ2) is 6.16. The van der Waals surface area contributed by atoms with Crippen LogP contribution in [0.4, 0.5) is 5.82 Å².